The molecule has 0 aliphatic heterocycles. The molecule has 2 N–H and O–H groups in total. The monoisotopic (exact) mass is 189 g/mol. The molecule has 0 amide bonds. The third-order valence-electron chi connectivity index (χ3n) is 1.99. The van der Waals surface area contributed by atoms with E-state index in [1.807, 2.05) is 13.8 Å². The van der Waals surface area contributed by atoms with Crippen molar-refractivity contribution in [2.45, 2.75) is 13.8 Å². The Hall–Kier alpha value is -1.91. The molecule has 2 aromatic heterocycles. The Labute approximate surface area is 81.6 Å². The normalized spacial score (nSPS) is 10.4. The maximum atomic E-state index is 5.61. The number of hydrogen-bond donors (Lipinski definition) is 1. The van der Waals surface area contributed by atoms with E-state index in [-0.39, 0.29) is 0 Å². The van der Waals surface area contributed by atoms with Crippen LogP contribution >= 0.6 is 0 Å². The zero-order chi connectivity index (χ0) is 10.1. The zero-order valence-corrected chi connectivity index (χ0v) is 8.10. The Bertz CT molecular complexity index is 440. The van der Waals surface area contributed by atoms with Crippen molar-refractivity contribution in [3.05, 3.63) is 29.8 Å². The number of pyridine rings is 1. The molecule has 14 heavy (non-hydrogen) atoms. The summed E-state index contributed by atoms with van der Waals surface area (Å²) in [6.07, 6.45) is 3.27. The van der Waals surface area contributed by atoms with E-state index in [9.17, 15) is 0 Å². The second kappa shape index (κ2) is 3.10. The van der Waals surface area contributed by atoms with Gasteiger partial charge in [-0.15, -0.1) is 4.80 Å². The minimum atomic E-state index is 0.607. The summed E-state index contributed by atoms with van der Waals surface area (Å²) < 4.78 is 0. The molecule has 2 heterocycles. The molecule has 0 aliphatic rings. The first-order valence-electron chi connectivity index (χ1n) is 4.28. The second-order valence-corrected chi connectivity index (χ2v) is 3.14. The topological polar surface area (TPSA) is 69.6 Å². The fourth-order valence-corrected chi connectivity index (χ4v) is 1.12. The molecule has 0 saturated carbocycles. The van der Waals surface area contributed by atoms with Gasteiger partial charge >= 0.3 is 0 Å². The van der Waals surface area contributed by atoms with Crippen LogP contribution in [0.1, 0.15) is 11.4 Å². The van der Waals surface area contributed by atoms with E-state index in [4.69, 9.17) is 5.73 Å². The van der Waals surface area contributed by atoms with Crippen LogP contribution in [0.4, 0.5) is 5.69 Å². The average Bonchev–Trinajstić information content (AvgIpc) is 2.47. The molecular weight excluding hydrogens is 178 g/mol. The molecular formula is C9H11N5. The minimum Gasteiger partial charge on any atom is -0.397 e. The lowest BCUT2D eigenvalue weighted by molar-refractivity contribution is 0.738. The molecule has 5 heteroatoms. The minimum absolute atomic E-state index is 0.607. The molecule has 0 unspecified atom stereocenters. The van der Waals surface area contributed by atoms with Gasteiger partial charge < -0.3 is 5.73 Å². The van der Waals surface area contributed by atoms with Gasteiger partial charge in [-0.2, -0.15) is 10.2 Å². The summed E-state index contributed by atoms with van der Waals surface area (Å²) in [5, 5.41) is 8.46. The molecule has 0 radical (unpaired) electrons. The highest BCUT2D eigenvalue weighted by Gasteiger charge is 2.04. The predicted octanol–water partition coefficient (Wildman–Crippen LogP) is 0.861. The first-order chi connectivity index (χ1) is 6.66. The standard InChI is InChI=1S/C9H11N5/c1-6-7(2)13-14(12-6)9-3-8(10)4-11-5-9/h3-5H,10H2,1-2H3. The summed E-state index contributed by atoms with van der Waals surface area (Å²) in [5.74, 6) is 0. The summed E-state index contributed by atoms with van der Waals surface area (Å²) in [7, 11) is 0. The smallest absolute Gasteiger partial charge is 0.106 e. The number of nitrogens with two attached hydrogens (primary N) is 1. The van der Waals surface area contributed by atoms with Gasteiger partial charge in [0.05, 0.1) is 23.3 Å². The Morgan fingerprint density at radius 3 is 2.36 bits per heavy atom. The van der Waals surface area contributed by atoms with Crippen molar-refractivity contribution in [3.8, 4) is 5.69 Å². The number of anilines is 1. The van der Waals surface area contributed by atoms with Gasteiger partial charge in [-0.05, 0) is 19.9 Å². The summed E-state index contributed by atoms with van der Waals surface area (Å²) >= 11 is 0. The molecule has 2 aromatic rings. The lowest BCUT2D eigenvalue weighted by Crippen LogP contribution is -2.00. The Morgan fingerprint density at radius 1 is 1.14 bits per heavy atom. The maximum absolute atomic E-state index is 5.61. The molecule has 0 saturated heterocycles. The van der Waals surface area contributed by atoms with Crippen molar-refractivity contribution in [2.24, 2.45) is 0 Å². The molecule has 5 nitrogen and oxygen atoms in total. The molecule has 0 spiro atoms. The molecule has 2 rings (SSSR count). The van der Waals surface area contributed by atoms with E-state index in [0.29, 0.717) is 5.69 Å². The van der Waals surface area contributed by atoms with Gasteiger partial charge in [0, 0.05) is 6.20 Å². The average molecular weight is 189 g/mol. The first kappa shape index (κ1) is 8.68. The number of nitrogens with zero attached hydrogens (tertiary/aromatic N) is 4. The van der Waals surface area contributed by atoms with Crippen molar-refractivity contribution in [1.82, 2.24) is 20.0 Å². The Kier molecular flexibility index (Phi) is 1.92. The van der Waals surface area contributed by atoms with Crippen LogP contribution in [0.3, 0.4) is 0 Å². The van der Waals surface area contributed by atoms with Crippen molar-refractivity contribution in [1.29, 1.82) is 0 Å². The van der Waals surface area contributed by atoms with Gasteiger partial charge in [0.1, 0.15) is 5.69 Å². The summed E-state index contributed by atoms with van der Waals surface area (Å²) in [4.78, 5) is 5.51. The fourth-order valence-electron chi connectivity index (χ4n) is 1.12. The van der Waals surface area contributed by atoms with Gasteiger partial charge in [0.15, 0.2) is 0 Å². The summed E-state index contributed by atoms with van der Waals surface area (Å²) in [5.41, 5.74) is 8.81. The molecule has 0 fully saturated rings. The van der Waals surface area contributed by atoms with E-state index in [2.05, 4.69) is 15.2 Å². The maximum Gasteiger partial charge on any atom is 0.106 e. The van der Waals surface area contributed by atoms with E-state index < -0.39 is 0 Å². The van der Waals surface area contributed by atoms with Gasteiger partial charge in [-0.1, -0.05) is 0 Å². The van der Waals surface area contributed by atoms with Crippen molar-refractivity contribution in [2.75, 3.05) is 5.73 Å². The Balaban J connectivity index is 2.49. The molecule has 0 bridgehead atoms. The van der Waals surface area contributed by atoms with Crippen LogP contribution in [0.5, 0.6) is 0 Å². The van der Waals surface area contributed by atoms with Crippen LogP contribution in [-0.2, 0) is 0 Å². The van der Waals surface area contributed by atoms with Crippen LogP contribution < -0.4 is 5.73 Å². The summed E-state index contributed by atoms with van der Waals surface area (Å²) in [6.45, 7) is 3.83. The van der Waals surface area contributed by atoms with Gasteiger partial charge in [0.25, 0.3) is 0 Å². The fraction of sp³-hybridized carbons (Fsp3) is 0.222. The van der Waals surface area contributed by atoms with E-state index >= 15 is 0 Å². The largest absolute Gasteiger partial charge is 0.397 e. The van der Waals surface area contributed by atoms with Crippen LogP contribution in [-0.4, -0.2) is 20.0 Å². The molecule has 72 valence electrons. The third-order valence-corrected chi connectivity index (χ3v) is 1.99. The molecule has 0 atom stereocenters. The van der Waals surface area contributed by atoms with Crippen LogP contribution in [0.25, 0.3) is 5.69 Å². The van der Waals surface area contributed by atoms with Crippen molar-refractivity contribution < 1.29 is 0 Å². The zero-order valence-electron chi connectivity index (χ0n) is 8.10. The number of nitrogen functional groups attached to an aromatic ring is 1. The lowest BCUT2D eigenvalue weighted by Gasteiger charge is -1.98. The highest BCUT2D eigenvalue weighted by molar-refractivity contribution is 5.43. The van der Waals surface area contributed by atoms with E-state index in [1.165, 1.54) is 4.80 Å². The second-order valence-electron chi connectivity index (χ2n) is 3.14. The van der Waals surface area contributed by atoms with E-state index in [0.717, 1.165) is 17.1 Å². The third kappa shape index (κ3) is 1.44. The summed E-state index contributed by atoms with van der Waals surface area (Å²) in [6, 6.07) is 1.78. The quantitative estimate of drug-likeness (QED) is 0.722. The predicted molar refractivity (Wildman–Crippen MR) is 53.0 cm³/mol. The molecule has 0 aromatic carbocycles. The lowest BCUT2D eigenvalue weighted by atomic mass is 10.4. The van der Waals surface area contributed by atoms with Crippen LogP contribution in [0, 0.1) is 13.8 Å². The number of aryl methyl sites for hydroxylation is 2. The number of hydrogen-bond acceptors (Lipinski definition) is 4. The highest BCUT2D eigenvalue weighted by atomic mass is 15.5. The van der Waals surface area contributed by atoms with E-state index in [1.54, 1.807) is 18.5 Å². The first-order valence-corrected chi connectivity index (χ1v) is 4.28. The molecule has 0 aliphatic carbocycles. The van der Waals surface area contributed by atoms with Crippen molar-refractivity contribution >= 4 is 5.69 Å². The Morgan fingerprint density at radius 2 is 1.79 bits per heavy atom. The highest BCUT2D eigenvalue weighted by Crippen LogP contribution is 2.09. The number of aromatic nitrogens is 4. The van der Waals surface area contributed by atoms with Gasteiger partial charge in [-0.25, -0.2) is 0 Å². The SMILES string of the molecule is Cc1nn(-c2cncc(N)c2)nc1C. The number of rotatable bonds is 1. The van der Waals surface area contributed by atoms with Crippen LogP contribution in [0.15, 0.2) is 18.5 Å². The van der Waals surface area contributed by atoms with Gasteiger partial charge in [0.2, 0.25) is 0 Å². The van der Waals surface area contributed by atoms with Crippen LogP contribution in [0.2, 0.25) is 0 Å². The van der Waals surface area contributed by atoms with Crippen molar-refractivity contribution in [3.63, 3.8) is 0 Å². The van der Waals surface area contributed by atoms with Gasteiger partial charge in [-0.3, -0.25) is 4.98 Å².